The number of aromatic nitrogens is 5. The molecule has 4 aromatic heterocycles. The van der Waals surface area contributed by atoms with E-state index in [9.17, 15) is 0 Å². The maximum atomic E-state index is 6.56. The standard InChI is InChI=1S/C57H35N5O/c1-4-12-36(13-5-1)37-20-22-38(23-21-37)50-34-51(60-55(59-50)41-14-6-2-7-15-41)39-24-26-40(27-25-39)52-54-53(62-56(61-52)42-16-8-3-9-17-42)49-33-48(35-58-57(49)63-54)46-29-28-45-30-43-18-10-11-19-44(43)31-47(45)32-46/h1-35H. The van der Waals surface area contributed by atoms with Crippen molar-refractivity contribution in [1.29, 1.82) is 0 Å². The number of nitrogens with zero attached hydrogens (tertiary/aromatic N) is 5. The number of rotatable bonds is 7. The van der Waals surface area contributed by atoms with E-state index in [2.05, 4.69) is 140 Å². The van der Waals surface area contributed by atoms with E-state index in [0.29, 0.717) is 34.2 Å². The number of furan rings is 1. The Morgan fingerprint density at radius 1 is 0.317 bits per heavy atom. The minimum absolute atomic E-state index is 0.511. The zero-order valence-corrected chi connectivity index (χ0v) is 33.9. The van der Waals surface area contributed by atoms with Crippen LogP contribution in [0.4, 0.5) is 0 Å². The van der Waals surface area contributed by atoms with Crippen LogP contribution in [0, 0.1) is 0 Å². The SMILES string of the molecule is c1ccc(-c2ccc(-c3cc(-c4ccc(-c5nc(-c6ccccc6)nc6c5oc5ncc(-c7ccc8cc9ccccc9cc8c7)cc56)cc4)nc(-c4ccccc4)n3)cc2)cc1. The Bertz CT molecular complexity index is 3640. The third kappa shape index (κ3) is 6.76. The lowest BCUT2D eigenvalue weighted by Gasteiger charge is -2.11. The summed E-state index contributed by atoms with van der Waals surface area (Å²) in [5, 5.41) is 5.64. The third-order valence-electron chi connectivity index (χ3n) is 11.7. The molecule has 0 aliphatic heterocycles. The van der Waals surface area contributed by atoms with Gasteiger partial charge >= 0.3 is 0 Å². The van der Waals surface area contributed by atoms with Gasteiger partial charge in [-0.2, -0.15) is 0 Å². The van der Waals surface area contributed by atoms with Crippen molar-refractivity contribution in [3.8, 4) is 78.8 Å². The molecular formula is C57H35N5O. The van der Waals surface area contributed by atoms with Gasteiger partial charge in [0.25, 0.3) is 0 Å². The topological polar surface area (TPSA) is 77.6 Å². The molecule has 0 bridgehead atoms. The van der Waals surface area contributed by atoms with Gasteiger partial charge in [0.05, 0.1) is 16.8 Å². The van der Waals surface area contributed by atoms with E-state index in [-0.39, 0.29) is 0 Å². The van der Waals surface area contributed by atoms with Gasteiger partial charge in [-0.1, -0.05) is 176 Å². The summed E-state index contributed by atoms with van der Waals surface area (Å²) in [4.78, 5) is 25.3. The van der Waals surface area contributed by atoms with Crippen LogP contribution in [-0.4, -0.2) is 24.9 Å². The zero-order chi connectivity index (χ0) is 41.7. The van der Waals surface area contributed by atoms with Crippen LogP contribution in [0.25, 0.3) is 123 Å². The lowest BCUT2D eigenvalue weighted by atomic mass is 9.99. The van der Waals surface area contributed by atoms with Crippen molar-refractivity contribution in [2.45, 2.75) is 0 Å². The van der Waals surface area contributed by atoms with E-state index in [1.807, 2.05) is 72.9 Å². The molecule has 12 rings (SSSR count). The molecule has 0 fully saturated rings. The van der Waals surface area contributed by atoms with Crippen LogP contribution in [0.5, 0.6) is 0 Å². The molecule has 0 saturated carbocycles. The maximum Gasteiger partial charge on any atom is 0.229 e. The van der Waals surface area contributed by atoms with Crippen molar-refractivity contribution in [2.75, 3.05) is 0 Å². The molecule has 0 amide bonds. The highest BCUT2D eigenvalue weighted by Gasteiger charge is 2.20. The van der Waals surface area contributed by atoms with Crippen LogP contribution in [0.1, 0.15) is 0 Å². The van der Waals surface area contributed by atoms with E-state index < -0.39 is 0 Å². The lowest BCUT2D eigenvalue weighted by molar-refractivity contribution is 0.653. The summed E-state index contributed by atoms with van der Waals surface area (Å²) in [5.41, 5.74) is 13.3. The molecule has 6 nitrogen and oxygen atoms in total. The Balaban J connectivity index is 0.953. The Kier molecular flexibility index (Phi) is 8.71. The van der Waals surface area contributed by atoms with Crippen LogP contribution in [0.15, 0.2) is 217 Å². The average molecular weight is 806 g/mol. The normalized spacial score (nSPS) is 11.5. The van der Waals surface area contributed by atoms with E-state index in [4.69, 9.17) is 29.3 Å². The minimum atomic E-state index is 0.511. The maximum absolute atomic E-state index is 6.56. The molecule has 6 heteroatoms. The second-order valence-corrected chi connectivity index (χ2v) is 15.7. The van der Waals surface area contributed by atoms with E-state index in [1.54, 1.807) is 0 Å². The smallest absolute Gasteiger partial charge is 0.229 e. The molecule has 12 aromatic rings. The highest BCUT2D eigenvalue weighted by molar-refractivity contribution is 6.07. The lowest BCUT2D eigenvalue weighted by Crippen LogP contribution is -1.96. The Labute approximate surface area is 362 Å². The van der Waals surface area contributed by atoms with Crippen LogP contribution in [-0.2, 0) is 0 Å². The summed E-state index contributed by atoms with van der Waals surface area (Å²) in [6.45, 7) is 0. The van der Waals surface area contributed by atoms with Gasteiger partial charge in [0.15, 0.2) is 17.2 Å². The fourth-order valence-electron chi connectivity index (χ4n) is 8.44. The van der Waals surface area contributed by atoms with Gasteiger partial charge in [0, 0.05) is 39.6 Å². The predicted molar refractivity (Wildman–Crippen MR) is 256 cm³/mol. The molecule has 0 radical (unpaired) electrons. The summed E-state index contributed by atoms with van der Waals surface area (Å²) in [7, 11) is 0. The zero-order valence-electron chi connectivity index (χ0n) is 33.9. The van der Waals surface area contributed by atoms with Crippen molar-refractivity contribution in [2.24, 2.45) is 0 Å². The molecule has 0 aliphatic rings. The van der Waals surface area contributed by atoms with Gasteiger partial charge in [-0.15, -0.1) is 0 Å². The summed E-state index contributed by atoms with van der Waals surface area (Å²) < 4.78 is 6.56. The molecular weight excluding hydrogens is 771 g/mol. The van der Waals surface area contributed by atoms with Gasteiger partial charge in [-0.05, 0) is 68.6 Å². The second kappa shape index (κ2) is 15.1. The Morgan fingerprint density at radius 3 is 1.44 bits per heavy atom. The highest BCUT2D eigenvalue weighted by atomic mass is 16.3. The first-order valence-electron chi connectivity index (χ1n) is 21.0. The fourth-order valence-corrected chi connectivity index (χ4v) is 8.44. The molecule has 0 unspecified atom stereocenters. The third-order valence-corrected chi connectivity index (χ3v) is 11.7. The second-order valence-electron chi connectivity index (χ2n) is 15.7. The molecule has 0 spiro atoms. The van der Waals surface area contributed by atoms with Gasteiger partial charge in [0.1, 0.15) is 11.2 Å². The quantitative estimate of drug-likeness (QED) is 0.149. The summed E-state index contributed by atoms with van der Waals surface area (Å²) in [6, 6.07) is 71.2. The first kappa shape index (κ1) is 36.3. The summed E-state index contributed by atoms with van der Waals surface area (Å²) in [5.74, 6) is 1.27. The molecule has 294 valence electrons. The van der Waals surface area contributed by atoms with Crippen molar-refractivity contribution in [3.63, 3.8) is 0 Å². The van der Waals surface area contributed by atoms with Gasteiger partial charge in [0.2, 0.25) is 5.71 Å². The monoisotopic (exact) mass is 805 g/mol. The van der Waals surface area contributed by atoms with Crippen LogP contribution in [0.3, 0.4) is 0 Å². The van der Waals surface area contributed by atoms with Gasteiger partial charge < -0.3 is 4.42 Å². The fraction of sp³-hybridized carbons (Fsp3) is 0. The van der Waals surface area contributed by atoms with Gasteiger partial charge in [-0.25, -0.2) is 24.9 Å². The van der Waals surface area contributed by atoms with E-state index >= 15 is 0 Å². The summed E-state index contributed by atoms with van der Waals surface area (Å²) in [6.07, 6.45) is 1.88. The van der Waals surface area contributed by atoms with Crippen molar-refractivity contribution in [3.05, 3.63) is 212 Å². The number of hydrogen-bond donors (Lipinski definition) is 0. The largest absolute Gasteiger partial charge is 0.434 e. The average Bonchev–Trinajstić information content (AvgIpc) is 3.74. The van der Waals surface area contributed by atoms with Crippen molar-refractivity contribution >= 4 is 43.7 Å². The highest BCUT2D eigenvalue weighted by Crippen LogP contribution is 2.38. The van der Waals surface area contributed by atoms with Crippen LogP contribution < -0.4 is 0 Å². The van der Waals surface area contributed by atoms with Gasteiger partial charge in [-0.3, -0.25) is 0 Å². The number of hydrogen-bond acceptors (Lipinski definition) is 6. The Morgan fingerprint density at radius 2 is 0.810 bits per heavy atom. The van der Waals surface area contributed by atoms with Crippen LogP contribution >= 0.6 is 0 Å². The van der Waals surface area contributed by atoms with E-state index in [1.165, 1.54) is 27.1 Å². The molecule has 0 aliphatic carbocycles. The molecule has 0 atom stereocenters. The minimum Gasteiger partial charge on any atom is -0.434 e. The summed E-state index contributed by atoms with van der Waals surface area (Å²) >= 11 is 0. The molecule has 8 aromatic carbocycles. The first-order chi connectivity index (χ1) is 31.2. The van der Waals surface area contributed by atoms with Crippen LogP contribution in [0.2, 0.25) is 0 Å². The molecule has 0 saturated heterocycles. The molecule has 0 N–H and O–H groups in total. The van der Waals surface area contributed by atoms with Crippen molar-refractivity contribution < 1.29 is 4.42 Å². The number of fused-ring (bicyclic) bond motifs is 5. The van der Waals surface area contributed by atoms with E-state index in [0.717, 1.165) is 61.3 Å². The number of benzene rings is 8. The predicted octanol–water partition coefficient (Wildman–Crippen LogP) is 14.5. The molecule has 63 heavy (non-hydrogen) atoms. The Hall–Kier alpha value is -8.61. The van der Waals surface area contributed by atoms with Crippen molar-refractivity contribution in [1.82, 2.24) is 24.9 Å². The molecule has 4 heterocycles. The number of pyridine rings is 1. The first-order valence-corrected chi connectivity index (χ1v) is 21.0.